The van der Waals surface area contributed by atoms with Gasteiger partial charge >= 0.3 is 0 Å². The fourth-order valence-corrected chi connectivity index (χ4v) is 6.80. The molecule has 0 aliphatic rings. The van der Waals surface area contributed by atoms with Crippen LogP contribution in [0, 0.1) is 13.8 Å². The molecule has 0 saturated heterocycles. The zero-order valence-corrected chi connectivity index (χ0v) is 22.5. The first-order valence-corrected chi connectivity index (χ1v) is 14.4. The van der Waals surface area contributed by atoms with Gasteiger partial charge in [-0.25, -0.2) is 16.8 Å². The molecule has 2 aromatic rings. The molecule has 0 aromatic heterocycles. The number of sulfonamides is 2. The molecule has 2 rings (SSSR count). The number of benzene rings is 2. The molecule has 0 aliphatic carbocycles. The van der Waals surface area contributed by atoms with Crippen LogP contribution in [0.4, 0.5) is 0 Å². The summed E-state index contributed by atoms with van der Waals surface area (Å²) in [5.74, 6) is 0. The van der Waals surface area contributed by atoms with Gasteiger partial charge in [0.1, 0.15) is 0 Å². The maximum absolute atomic E-state index is 13.2. The maximum atomic E-state index is 13.2. The van der Waals surface area contributed by atoms with Gasteiger partial charge in [0, 0.05) is 25.2 Å². The molecule has 4 atom stereocenters. The number of rotatable bonds is 13. The Labute approximate surface area is 213 Å². The molecule has 0 spiro atoms. The van der Waals surface area contributed by atoms with Gasteiger partial charge < -0.3 is 20.4 Å². The number of aliphatic hydroxyl groups excluding tert-OH is 4. The summed E-state index contributed by atoms with van der Waals surface area (Å²) in [7, 11) is -8.30. The van der Waals surface area contributed by atoms with Crippen LogP contribution in [0.3, 0.4) is 0 Å². The third kappa shape index (κ3) is 7.11. The lowest BCUT2D eigenvalue weighted by atomic mass is 10.2. The highest BCUT2D eigenvalue weighted by Gasteiger charge is 2.36. The molecule has 0 amide bonds. The van der Waals surface area contributed by atoms with Crippen molar-refractivity contribution in [2.24, 2.45) is 0 Å². The summed E-state index contributed by atoms with van der Waals surface area (Å²) in [5, 5.41) is 40.8. The molecule has 4 N–H and O–H groups in total. The van der Waals surface area contributed by atoms with Crippen LogP contribution < -0.4 is 0 Å². The van der Waals surface area contributed by atoms with E-state index in [-0.39, 0.29) is 9.79 Å². The summed E-state index contributed by atoms with van der Waals surface area (Å²) in [4.78, 5) is -0.0971. The molecule has 36 heavy (non-hydrogen) atoms. The van der Waals surface area contributed by atoms with E-state index in [4.69, 9.17) is 0 Å². The number of aliphatic hydroxyl groups is 4. The van der Waals surface area contributed by atoms with Crippen LogP contribution in [-0.4, -0.2) is 96.5 Å². The summed E-state index contributed by atoms with van der Waals surface area (Å²) in [5.41, 5.74) is 1.69. The summed E-state index contributed by atoms with van der Waals surface area (Å²) in [6.45, 7) is 4.24. The van der Waals surface area contributed by atoms with Crippen molar-refractivity contribution in [1.29, 1.82) is 0 Å². The lowest BCUT2D eigenvalue weighted by Gasteiger charge is -2.33. The predicted octanol–water partition coefficient (Wildman–Crippen LogP) is 0.468. The van der Waals surface area contributed by atoms with Crippen LogP contribution in [0.1, 0.15) is 25.0 Å². The highest BCUT2D eigenvalue weighted by Crippen LogP contribution is 2.22. The van der Waals surface area contributed by atoms with E-state index in [9.17, 15) is 37.3 Å². The molecule has 2 aromatic carbocycles. The number of hydrogen-bond acceptors (Lipinski definition) is 8. The largest absolute Gasteiger partial charge is 0.395 e. The molecule has 0 bridgehead atoms. The fraction of sp³-hybridized carbons (Fsp3) is 0.500. The summed E-state index contributed by atoms with van der Waals surface area (Å²) < 4.78 is 54.7. The van der Waals surface area contributed by atoms with E-state index in [1.54, 1.807) is 38.1 Å². The predicted molar refractivity (Wildman–Crippen MR) is 135 cm³/mol. The lowest BCUT2D eigenvalue weighted by Crippen LogP contribution is -2.52. The van der Waals surface area contributed by atoms with Gasteiger partial charge in [-0.3, -0.25) is 0 Å². The first-order valence-electron chi connectivity index (χ1n) is 11.5. The van der Waals surface area contributed by atoms with Crippen LogP contribution >= 0.6 is 0 Å². The molecule has 0 fully saturated rings. The second-order valence-electron chi connectivity index (χ2n) is 8.97. The number of nitrogens with zero attached hydrogens (tertiary/aromatic N) is 2. The van der Waals surface area contributed by atoms with E-state index in [1.807, 2.05) is 0 Å². The Bertz CT molecular complexity index is 1090. The van der Waals surface area contributed by atoms with Crippen LogP contribution in [0.5, 0.6) is 0 Å². The van der Waals surface area contributed by atoms with E-state index in [1.165, 1.54) is 38.1 Å². The van der Waals surface area contributed by atoms with Crippen molar-refractivity contribution < 1.29 is 37.3 Å². The van der Waals surface area contributed by atoms with Crippen molar-refractivity contribution in [2.75, 3.05) is 26.3 Å². The molecule has 202 valence electrons. The van der Waals surface area contributed by atoms with E-state index in [0.29, 0.717) is 0 Å². The monoisotopic (exact) mass is 544 g/mol. The smallest absolute Gasteiger partial charge is 0.243 e. The van der Waals surface area contributed by atoms with Crippen LogP contribution in [0.2, 0.25) is 0 Å². The molecule has 0 aliphatic heterocycles. The molecule has 12 heteroatoms. The Morgan fingerprint density at radius 3 is 1.17 bits per heavy atom. The molecule has 0 radical (unpaired) electrons. The van der Waals surface area contributed by atoms with Gasteiger partial charge in [-0.05, 0) is 52.0 Å². The van der Waals surface area contributed by atoms with Crippen LogP contribution in [0.15, 0.2) is 58.3 Å². The molecule has 10 nitrogen and oxygen atoms in total. The first-order chi connectivity index (χ1) is 16.7. The van der Waals surface area contributed by atoms with E-state index in [2.05, 4.69) is 0 Å². The van der Waals surface area contributed by atoms with E-state index in [0.717, 1.165) is 19.7 Å². The van der Waals surface area contributed by atoms with Crippen LogP contribution in [-0.2, 0) is 20.0 Å². The Morgan fingerprint density at radius 2 is 0.917 bits per heavy atom. The highest BCUT2D eigenvalue weighted by molar-refractivity contribution is 7.89. The molecule has 0 saturated carbocycles. The fourth-order valence-electron chi connectivity index (χ4n) is 3.52. The summed E-state index contributed by atoms with van der Waals surface area (Å²) in [6, 6.07) is 10.2. The highest BCUT2D eigenvalue weighted by atomic mass is 32.2. The lowest BCUT2D eigenvalue weighted by molar-refractivity contribution is -0.00962. The van der Waals surface area contributed by atoms with Gasteiger partial charge in [-0.2, -0.15) is 8.61 Å². The normalized spacial score (nSPS) is 16.2. The third-order valence-electron chi connectivity index (χ3n) is 5.94. The Hall–Kier alpha value is -1.90. The quantitative estimate of drug-likeness (QED) is 0.284. The van der Waals surface area contributed by atoms with Crippen LogP contribution in [0.25, 0.3) is 0 Å². The van der Waals surface area contributed by atoms with Gasteiger partial charge in [0.05, 0.1) is 35.2 Å². The Balaban J connectivity index is 2.31. The number of aryl methyl sites for hydroxylation is 2. The molecular formula is C24H36N2O8S2. The van der Waals surface area contributed by atoms with Gasteiger partial charge in [-0.1, -0.05) is 35.4 Å². The van der Waals surface area contributed by atoms with Crippen molar-refractivity contribution >= 4 is 20.0 Å². The average Bonchev–Trinajstić information content (AvgIpc) is 2.84. The van der Waals surface area contributed by atoms with E-state index < -0.39 is 70.6 Å². The van der Waals surface area contributed by atoms with Crippen molar-refractivity contribution in [2.45, 2.75) is 61.8 Å². The van der Waals surface area contributed by atoms with E-state index >= 15 is 0 Å². The van der Waals surface area contributed by atoms with Crippen molar-refractivity contribution in [1.82, 2.24) is 8.61 Å². The number of hydrogen-bond donors (Lipinski definition) is 4. The topological polar surface area (TPSA) is 156 Å². The Morgan fingerprint density at radius 1 is 0.639 bits per heavy atom. The van der Waals surface area contributed by atoms with Gasteiger partial charge in [0.25, 0.3) is 0 Å². The third-order valence-corrected chi connectivity index (χ3v) is 9.93. The standard InChI is InChI=1S/C24H36N2O8S2/c1-17-5-9-21(10-6-17)35(31,32)25(19(3)15-27)13-23(29)24(30)14-26(20(4)16-28)36(33,34)22-11-7-18(2)8-12-22/h5-12,19-20,23-24,27-30H,13-16H2,1-4H3/t19-,20-,23-,24-/m0/s1. The minimum Gasteiger partial charge on any atom is -0.395 e. The summed E-state index contributed by atoms with van der Waals surface area (Å²) >= 11 is 0. The average molecular weight is 545 g/mol. The first kappa shape index (κ1) is 30.3. The van der Waals surface area contributed by atoms with Gasteiger partial charge in [0.2, 0.25) is 20.0 Å². The Kier molecular flexibility index (Phi) is 10.6. The molecule has 0 unspecified atom stereocenters. The second-order valence-corrected chi connectivity index (χ2v) is 12.8. The maximum Gasteiger partial charge on any atom is 0.243 e. The molecular weight excluding hydrogens is 508 g/mol. The zero-order chi connectivity index (χ0) is 27.3. The van der Waals surface area contributed by atoms with Crippen molar-refractivity contribution in [3.8, 4) is 0 Å². The zero-order valence-electron chi connectivity index (χ0n) is 20.9. The van der Waals surface area contributed by atoms with Gasteiger partial charge in [0.15, 0.2) is 0 Å². The minimum atomic E-state index is -4.15. The summed E-state index contributed by atoms with van der Waals surface area (Å²) in [6.07, 6.45) is -3.39. The van der Waals surface area contributed by atoms with Crippen molar-refractivity contribution in [3.63, 3.8) is 0 Å². The molecule has 0 heterocycles. The van der Waals surface area contributed by atoms with Gasteiger partial charge in [-0.15, -0.1) is 0 Å². The SMILES string of the molecule is Cc1ccc(S(=O)(=O)N(C[C@H](O)[C@@H](O)CN([C@@H](C)CO)S(=O)(=O)c2ccc(C)cc2)[C@@H](C)CO)cc1. The second kappa shape index (κ2) is 12.6. The van der Waals surface area contributed by atoms with Crippen molar-refractivity contribution in [3.05, 3.63) is 59.7 Å². The minimum absolute atomic E-state index is 0.0485.